The van der Waals surface area contributed by atoms with E-state index in [0.29, 0.717) is 11.3 Å². The van der Waals surface area contributed by atoms with E-state index in [1.54, 1.807) is 25.4 Å². The zero-order valence-corrected chi connectivity index (χ0v) is 14.3. The molecule has 1 aromatic heterocycles. The van der Waals surface area contributed by atoms with Gasteiger partial charge in [-0.3, -0.25) is 10.3 Å². The number of hydrogen-bond donors (Lipinski definition) is 2. The quantitative estimate of drug-likeness (QED) is 0.838. The van der Waals surface area contributed by atoms with Crippen LogP contribution >= 0.6 is 0 Å². The number of halogens is 1. The van der Waals surface area contributed by atoms with Crippen LogP contribution in [-0.2, 0) is 13.6 Å². The molecule has 1 saturated heterocycles. The number of imidazole rings is 1. The molecule has 24 heavy (non-hydrogen) atoms. The molecule has 6 nitrogen and oxygen atoms in total. The summed E-state index contributed by atoms with van der Waals surface area (Å²) < 4.78 is 21.5. The molecule has 0 saturated carbocycles. The monoisotopic (exact) mass is 333 g/mol. The van der Waals surface area contributed by atoms with Crippen molar-refractivity contribution < 1.29 is 9.13 Å². The second-order valence-corrected chi connectivity index (χ2v) is 6.30. The highest BCUT2D eigenvalue weighted by atomic mass is 19.1. The molecular weight excluding hydrogens is 309 g/mol. The average Bonchev–Trinajstić information content (AvgIpc) is 3.17. The number of hydrogen-bond acceptors (Lipinski definition) is 5. The molecule has 2 unspecified atom stereocenters. The first-order valence-corrected chi connectivity index (χ1v) is 8.05. The van der Waals surface area contributed by atoms with Gasteiger partial charge in [0.25, 0.3) is 0 Å². The van der Waals surface area contributed by atoms with Gasteiger partial charge in [-0.25, -0.2) is 14.8 Å². The standard InChI is InChI=1S/C17H24FN5O/c1-22(11-16-19-6-7-23(16)2)10-12-9-20-21-17(12)14-5-4-13(24-3)8-15(14)18/h4-8,12,17,20-21H,9-11H2,1-3H3. The summed E-state index contributed by atoms with van der Waals surface area (Å²) in [6.45, 7) is 2.39. The lowest BCUT2D eigenvalue weighted by atomic mass is 9.94. The summed E-state index contributed by atoms with van der Waals surface area (Å²) in [6.07, 6.45) is 3.74. The molecule has 2 aromatic rings. The number of benzene rings is 1. The maximum Gasteiger partial charge on any atom is 0.131 e. The van der Waals surface area contributed by atoms with Gasteiger partial charge in [0.05, 0.1) is 19.7 Å². The smallest absolute Gasteiger partial charge is 0.131 e. The first-order chi connectivity index (χ1) is 11.6. The Kier molecular flexibility index (Phi) is 5.13. The summed E-state index contributed by atoms with van der Waals surface area (Å²) in [4.78, 5) is 6.58. The van der Waals surface area contributed by atoms with Gasteiger partial charge in [-0.2, -0.15) is 0 Å². The van der Waals surface area contributed by atoms with Crippen LogP contribution < -0.4 is 15.6 Å². The number of ether oxygens (including phenoxy) is 1. The van der Waals surface area contributed by atoms with Crippen molar-refractivity contribution in [3.05, 3.63) is 47.8 Å². The zero-order chi connectivity index (χ0) is 17.1. The SMILES string of the molecule is COc1ccc(C2NNCC2CN(C)Cc2nccn2C)c(F)c1. The second-order valence-electron chi connectivity index (χ2n) is 6.30. The Balaban J connectivity index is 1.68. The predicted octanol–water partition coefficient (Wildman–Crippen LogP) is 1.46. The van der Waals surface area contributed by atoms with Gasteiger partial charge < -0.3 is 9.30 Å². The number of nitrogens with one attached hydrogen (secondary N) is 2. The van der Waals surface area contributed by atoms with Gasteiger partial charge >= 0.3 is 0 Å². The molecule has 0 spiro atoms. The summed E-state index contributed by atoms with van der Waals surface area (Å²) in [6, 6.07) is 4.96. The number of hydrazine groups is 1. The first-order valence-electron chi connectivity index (χ1n) is 8.05. The van der Waals surface area contributed by atoms with E-state index in [4.69, 9.17) is 4.74 Å². The number of nitrogens with zero attached hydrogens (tertiary/aromatic N) is 3. The lowest BCUT2D eigenvalue weighted by molar-refractivity contribution is 0.253. The predicted molar refractivity (Wildman–Crippen MR) is 89.9 cm³/mol. The fourth-order valence-electron chi connectivity index (χ4n) is 3.18. The summed E-state index contributed by atoms with van der Waals surface area (Å²) >= 11 is 0. The van der Waals surface area contributed by atoms with Crippen molar-refractivity contribution in [1.82, 2.24) is 25.3 Å². The molecule has 1 aliphatic heterocycles. The molecule has 0 aliphatic carbocycles. The third-order valence-corrected chi connectivity index (χ3v) is 4.51. The fraction of sp³-hybridized carbons (Fsp3) is 0.471. The van der Waals surface area contributed by atoms with E-state index in [1.165, 1.54) is 6.07 Å². The lowest BCUT2D eigenvalue weighted by Gasteiger charge is -2.25. The van der Waals surface area contributed by atoms with Crippen molar-refractivity contribution in [3.8, 4) is 5.75 Å². The summed E-state index contributed by atoms with van der Waals surface area (Å²) in [7, 11) is 5.60. The fourth-order valence-corrected chi connectivity index (χ4v) is 3.18. The normalized spacial score (nSPS) is 20.7. The molecule has 0 radical (unpaired) electrons. The molecule has 3 rings (SSSR count). The van der Waals surface area contributed by atoms with Crippen LogP contribution in [0.15, 0.2) is 30.6 Å². The molecule has 1 aliphatic rings. The number of aromatic nitrogens is 2. The van der Waals surface area contributed by atoms with Crippen LogP contribution in [0.4, 0.5) is 4.39 Å². The molecule has 1 fully saturated rings. The molecule has 130 valence electrons. The highest BCUT2D eigenvalue weighted by Crippen LogP contribution is 2.29. The second kappa shape index (κ2) is 7.29. The van der Waals surface area contributed by atoms with E-state index in [1.807, 2.05) is 17.8 Å². The van der Waals surface area contributed by atoms with E-state index >= 15 is 0 Å². The van der Waals surface area contributed by atoms with E-state index in [-0.39, 0.29) is 17.8 Å². The minimum Gasteiger partial charge on any atom is -0.497 e. The zero-order valence-electron chi connectivity index (χ0n) is 14.3. The highest BCUT2D eigenvalue weighted by molar-refractivity contribution is 5.31. The Labute approximate surface area is 141 Å². The molecule has 1 aromatic carbocycles. The van der Waals surface area contributed by atoms with Crippen LogP contribution in [0.2, 0.25) is 0 Å². The molecule has 7 heteroatoms. The average molecular weight is 333 g/mol. The molecule has 0 amide bonds. The molecule has 0 bridgehead atoms. The number of methoxy groups -OCH3 is 1. The van der Waals surface area contributed by atoms with Gasteiger partial charge in [0.15, 0.2) is 0 Å². The van der Waals surface area contributed by atoms with Crippen molar-refractivity contribution in [2.24, 2.45) is 13.0 Å². The Morgan fingerprint density at radius 3 is 2.96 bits per heavy atom. The number of aryl methyl sites for hydroxylation is 1. The Morgan fingerprint density at radius 1 is 1.46 bits per heavy atom. The molecule has 2 atom stereocenters. The van der Waals surface area contributed by atoms with E-state index in [9.17, 15) is 4.39 Å². The van der Waals surface area contributed by atoms with Crippen LogP contribution in [0.3, 0.4) is 0 Å². The van der Waals surface area contributed by atoms with Crippen molar-refractivity contribution in [3.63, 3.8) is 0 Å². The van der Waals surface area contributed by atoms with Crippen LogP contribution in [0.25, 0.3) is 0 Å². The van der Waals surface area contributed by atoms with E-state index in [2.05, 4.69) is 27.8 Å². The van der Waals surface area contributed by atoms with Gasteiger partial charge in [-0.1, -0.05) is 6.07 Å². The van der Waals surface area contributed by atoms with Crippen LogP contribution in [0.5, 0.6) is 5.75 Å². The Bertz CT molecular complexity index is 689. The van der Waals surface area contributed by atoms with E-state index < -0.39 is 0 Å². The third-order valence-electron chi connectivity index (χ3n) is 4.51. The van der Waals surface area contributed by atoms with Gasteiger partial charge in [0.1, 0.15) is 17.4 Å². The molecule has 2 N–H and O–H groups in total. The van der Waals surface area contributed by atoms with Gasteiger partial charge in [0.2, 0.25) is 0 Å². The van der Waals surface area contributed by atoms with Crippen molar-refractivity contribution in [2.75, 3.05) is 27.2 Å². The van der Waals surface area contributed by atoms with E-state index in [0.717, 1.165) is 25.5 Å². The Hall–Kier alpha value is -1.96. The topological polar surface area (TPSA) is 54.4 Å². The third kappa shape index (κ3) is 3.58. The lowest BCUT2D eigenvalue weighted by Crippen LogP contribution is -2.31. The largest absolute Gasteiger partial charge is 0.497 e. The Morgan fingerprint density at radius 2 is 2.29 bits per heavy atom. The molecular formula is C17H24FN5O. The maximum absolute atomic E-state index is 14.4. The molecule has 2 heterocycles. The van der Waals surface area contributed by atoms with Gasteiger partial charge in [-0.05, 0) is 13.1 Å². The van der Waals surface area contributed by atoms with Crippen LogP contribution in [0.1, 0.15) is 17.4 Å². The minimum atomic E-state index is -0.243. The maximum atomic E-state index is 14.4. The van der Waals surface area contributed by atoms with Crippen LogP contribution in [0, 0.1) is 11.7 Å². The summed E-state index contributed by atoms with van der Waals surface area (Å²) in [5.74, 6) is 1.57. The summed E-state index contributed by atoms with van der Waals surface area (Å²) in [5, 5.41) is 0. The number of rotatable bonds is 6. The van der Waals surface area contributed by atoms with Crippen molar-refractivity contribution in [1.29, 1.82) is 0 Å². The highest BCUT2D eigenvalue weighted by Gasteiger charge is 2.31. The van der Waals surface area contributed by atoms with Crippen LogP contribution in [-0.4, -0.2) is 41.7 Å². The first kappa shape index (κ1) is 16.9. The minimum absolute atomic E-state index is 0.0697. The van der Waals surface area contributed by atoms with Gasteiger partial charge in [0, 0.05) is 50.1 Å². The van der Waals surface area contributed by atoms with Crippen molar-refractivity contribution >= 4 is 0 Å². The van der Waals surface area contributed by atoms with Gasteiger partial charge in [-0.15, -0.1) is 0 Å². The van der Waals surface area contributed by atoms with Crippen molar-refractivity contribution in [2.45, 2.75) is 12.6 Å². The summed E-state index contributed by atoms with van der Waals surface area (Å²) in [5.41, 5.74) is 7.02.